The Hall–Kier alpha value is -2.34. The van der Waals surface area contributed by atoms with Gasteiger partial charge in [0.15, 0.2) is 0 Å². The van der Waals surface area contributed by atoms with E-state index in [2.05, 4.69) is 14.9 Å². The van der Waals surface area contributed by atoms with Crippen molar-refractivity contribution in [3.05, 3.63) is 47.4 Å². The lowest BCUT2D eigenvalue weighted by atomic mass is 10.2. The second kappa shape index (κ2) is 8.16. The zero-order valence-corrected chi connectivity index (χ0v) is 14.9. The maximum atomic E-state index is 12.3. The Bertz CT molecular complexity index is 715. The fourth-order valence-electron chi connectivity index (χ4n) is 2.74. The van der Waals surface area contributed by atoms with Crippen LogP contribution in [0, 0.1) is 6.92 Å². The van der Waals surface area contributed by atoms with Crippen molar-refractivity contribution in [2.45, 2.75) is 13.3 Å². The zero-order valence-electron chi connectivity index (χ0n) is 14.2. The molecule has 0 bridgehead atoms. The molecule has 0 atom stereocenters. The first-order valence-electron chi connectivity index (χ1n) is 8.31. The summed E-state index contributed by atoms with van der Waals surface area (Å²) >= 11 is 5.83. The molecular weight excluding hydrogens is 340 g/mol. The summed E-state index contributed by atoms with van der Waals surface area (Å²) in [5, 5.41) is 0.667. The molecule has 7 heteroatoms. The summed E-state index contributed by atoms with van der Waals surface area (Å²) in [6.07, 6.45) is 1.95. The van der Waals surface area contributed by atoms with Gasteiger partial charge in [0.05, 0.1) is 13.0 Å². The van der Waals surface area contributed by atoms with Crippen LogP contribution in [0.1, 0.15) is 12.1 Å². The molecule has 132 valence electrons. The minimum atomic E-state index is 0.118. The number of ether oxygens (including phenoxy) is 1. The van der Waals surface area contributed by atoms with Crippen LogP contribution in [-0.2, 0) is 4.79 Å². The quantitative estimate of drug-likeness (QED) is 0.820. The van der Waals surface area contributed by atoms with Crippen molar-refractivity contribution in [2.24, 2.45) is 0 Å². The Labute approximate surface area is 152 Å². The average Bonchev–Trinajstić information content (AvgIpc) is 2.63. The fourth-order valence-corrected chi connectivity index (χ4v) is 2.87. The Morgan fingerprint density at radius 3 is 2.56 bits per heavy atom. The van der Waals surface area contributed by atoms with Gasteiger partial charge in [-0.05, 0) is 31.2 Å². The van der Waals surface area contributed by atoms with Crippen molar-refractivity contribution in [2.75, 3.05) is 37.7 Å². The van der Waals surface area contributed by atoms with Gasteiger partial charge in [0.25, 0.3) is 0 Å². The number of nitrogens with zero attached hydrogens (tertiary/aromatic N) is 4. The second-order valence-corrected chi connectivity index (χ2v) is 6.37. The van der Waals surface area contributed by atoms with E-state index >= 15 is 0 Å². The van der Waals surface area contributed by atoms with Crippen LogP contribution < -0.4 is 9.64 Å². The van der Waals surface area contributed by atoms with Gasteiger partial charge < -0.3 is 14.5 Å². The number of hydrogen-bond donors (Lipinski definition) is 0. The van der Waals surface area contributed by atoms with Crippen LogP contribution in [-0.4, -0.2) is 53.6 Å². The smallest absolute Gasteiger partial charge is 0.226 e. The number of amides is 1. The second-order valence-electron chi connectivity index (χ2n) is 5.94. The van der Waals surface area contributed by atoms with Crippen LogP contribution >= 0.6 is 11.6 Å². The minimum absolute atomic E-state index is 0.118. The summed E-state index contributed by atoms with van der Waals surface area (Å²) in [5.41, 5.74) is 0.947. The first-order valence-corrected chi connectivity index (χ1v) is 8.69. The van der Waals surface area contributed by atoms with Gasteiger partial charge in [-0.3, -0.25) is 4.79 Å². The number of aryl methyl sites for hydroxylation is 1. The minimum Gasteiger partial charge on any atom is -0.493 e. The topological polar surface area (TPSA) is 58.6 Å². The molecule has 1 aliphatic heterocycles. The molecule has 0 unspecified atom stereocenters. The van der Waals surface area contributed by atoms with Crippen LogP contribution in [0.2, 0.25) is 5.02 Å². The number of anilines is 1. The molecule has 1 amide bonds. The largest absolute Gasteiger partial charge is 0.493 e. The number of halogens is 1. The van der Waals surface area contributed by atoms with E-state index in [9.17, 15) is 4.79 Å². The maximum Gasteiger partial charge on any atom is 0.226 e. The molecule has 0 radical (unpaired) electrons. The van der Waals surface area contributed by atoms with Crippen molar-refractivity contribution in [1.29, 1.82) is 0 Å². The highest BCUT2D eigenvalue weighted by molar-refractivity contribution is 6.30. The van der Waals surface area contributed by atoms with E-state index in [-0.39, 0.29) is 5.91 Å². The number of carbonyl (C=O) groups excluding carboxylic acids is 1. The number of aromatic nitrogens is 2. The van der Waals surface area contributed by atoms with Crippen molar-refractivity contribution >= 4 is 23.3 Å². The summed E-state index contributed by atoms with van der Waals surface area (Å²) in [5.74, 6) is 1.76. The molecule has 0 aliphatic carbocycles. The molecule has 6 nitrogen and oxygen atoms in total. The number of carbonyl (C=O) groups is 1. The van der Waals surface area contributed by atoms with Gasteiger partial charge in [0.2, 0.25) is 5.91 Å². The van der Waals surface area contributed by atoms with Gasteiger partial charge in [-0.1, -0.05) is 11.6 Å². The van der Waals surface area contributed by atoms with E-state index < -0.39 is 0 Å². The van der Waals surface area contributed by atoms with E-state index in [1.807, 2.05) is 17.9 Å². The van der Waals surface area contributed by atoms with Crippen molar-refractivity contribution in [3.8, 4) is 5.75 Å². The van der Waals surface area contributed by atoms with Crippen LogP contribution in [0.25, 0.3) is 0 Å². The van der Waals surface area contributed by atoms with Crippen LogP contribution in [0.4, 0.5) is 5.82 Å². The lowest BCUT2D eigenvalue weighted by Crippen LogP contribution is -2.49. The molecule has 1 aromatic heterocycles. The van der Waals surface area contributed by atoms with Crippen molar-refractivity contribution in [3.63, 3.8) is 0 Å². The molecule has 0 saturated carbocycles. The van der Waals surface area contributed by atoms with E-state index in [0.29, 0.717) is 31.1 Å². The molecule has 25 heavy (non-hydrogen) atoms. The van der Waals surface area contributed by atoms with Crippen molar-refractivity contribution < 1.29 is 9.53 Å². The average molecular weight is 361 g/mol. The zero-order chi connectivity index (χ0) is 17.6. The third-order valence-corrected chi connectivity index (χ3v) is 4.40. The normalized spacial score (nSPS) is 14.5. The van der Waals surface area contributed by atoms with Gasteiger partial charge >= 0.3 is 0 Å². The van der Waals surface area contributed by atoms with Gasteiger partial charge in [0.1, 0.15) is 17.9 Å². The summed E-state index contributed by atoms with van der Waals surface area (Å²) in [4.78, 5) is 24.8. The monoisotopic (exact) mass is 360 g/mol. The summed E-state index contributed by atoms with van der Waals surface area (Å²) < 4.78 is 5.59. The summed E-state index contributed by atoms with van der Waals surface area (Å²) in [6, 6.07) is 9.11. The Balaban J connectivity index is 1.43. The standard InChI is InChI=1S/C18H21ClN4O2/c1-14-12-17(21-13-20-14)22-7-9-23(10-8-22)18(24)6-11-25-16-4-2-15(19)3-5-16/h2-5,12-13H,6-11H2,1H3. The first kappa shape index (κ1) is 17.5. The van der Waals surface area contributed by atoms with E-state index in [1.165, 1.54) is 0 Å². The highest BCUT2D eigenvalue weighted by atomic mass is 35.5. The van der Waals surface area contributed by atoms with E-state index in [0.717, 1.165) is 30.4 Å². The predicted molar refractivity (Wildman–Crippen MR) is 97.1 cm³/mol. The predicted octanol–water partition coefficient (Wildman–Crippen LogP) is 2.56. The molecule has 2 heterocycles. The highest BCUT2D eigenvalue weighted by Gasteiger charge is 2.21. The van der Waals surface area contributed by atoms with Gasteiger partial charge in [-0.15, -0.1) is 0 Å². The highest BCUT2D eigenvalue weighted by Crippen LogP contribution is 2.16. The van der Waals surface area contributed by atoms with Crippen LogP contribution in [0.15, 0.2) is 36.7 Å². The third kappa shape index (κ3) is 4.82. The molecule has 1 aliphatic rings. The molecule has 1 aromatic carbocycles. The Morgan fingerprint density at radius 2 is 1.88 bits per heavy atom. The molecule has 0 N–H and O–H groups in total. The lowest BCUT2D eigenvalue weighted by molar-refractivity contribution is -0.132. The molecular formula is C18H21ClN4O2. The van der Waals surface area contributed by atoms with Crippen molar-refractivity contribution in [1.82, 2.24) is 14.9 Å². The van der Waals surface area contributed by atoms with Crippen LogP contribution in [0.3, 0.4) is 0 Å². The number of hydrogen-bond acceptors (Lipinski definition) is 5. The number of rotatable bonds is 5. The molecule has 2 aromatic rings. The van der Waals surface area contributed by atoms with Gasteiger partial charge in [-0.25, -0.2) is 9.97 Å². The van der Waals surface area contributed by atoms with Gasteiger partial charge in [0, 0.05) is 43.0 Å². The third-order valence-electron chi connectivity index (χ3n) is 4.14. The van der Waals surface area contributed by atoms with E-state index in [4.69, 9.17) is 16.3 Å². The number of benzene rings is 1. The summed E-state index contributed by atoms with van der Waals surface area (Å²) in [6.45, 7) is 5.27. The van der Waals surface area contributed by atoms with Gasteiger partial charge in [-0.2, -0.15) is 0 Å². The molecule has 0 spiro atoms. The lowest BCUT2D eigenvalue weighted by Gasteiger charge is -2.35. The van der Waals surface area contributed by atoms with Crippen LogP contribution in [0.5, 0.6) is 5.75 Å². The summed E-state index contributed by atoms with van der Waals surface area (Å²) in [7, 11) is 0. The molecule has 3 rings (SSSR count). The maximum absolute atomic E-state index is 12.3. The molecule has 1 fully saturated rings. The first-order chi connectivity index (χ1) is 12.1. The molecule has 1 saturated heterocycles. The Kier molecular flexibility index (Phi) is 5.71. The SMILES string of the molecule is Cc1cc(N2CCN(C(=O)CCOc3ccc(Cl)cc3)CC2)ncn1. The Morgan fingerprint density at radius 1 is 1.16 bits per heavy atom. The van der Waals surface area contributed by atoms with E-state index in [1.54, 1.807) is 30.6 Å². The number of piperazine rings is 1. The fraction of sp³-hybridized carbons (Fsp3) is 0.389.